The van der Waals surface area contributed by atoms with Crippen LogP contribution in [0.4, 0.5) is 0 Å². The Bertz CT molecular complexity index is 445. The lowest BCUT2D eigenvalue weighted by Gasteiger charge is -2.27. The van der Waals surface area contributed by atoms with Crippen LogP contribution in [0, 0.1) is 11.8 Å². The van der Waals surface area contributed by atoms with Gasteiger partial charge >= 0.3 is 0 Å². The molecule has 21 heavy (non-hydrogen) atoms. The lowest BCUT2D eigenvalue weighted by molar-refractivity contribution is -0.123. The minimum atomic E-state index is 0.271. The molecule has 1 fully saturated rings. The van der Waals surface area contributed by atoms with Gasteiger partial charge in [-0.05, 0) is 37.7 Å². The van der Waals surface area contributed by atoms with E-state index >= 15 is 0 Å². The second-order valence-corrected chi connectivity index (χ2v) is 6.31. The van der Waals surface area contributed by atoms with Gasteiger partial charge < -0.3 is 4.74 Å². The van der Waals surface area contributed by atoms with E-state index < -0.39 is 0 Å². The second kappa shape index (κ2) is 8.21. The molecule has 0 radical (unpaired) electrons. The van der Waals surface area contributed by atoms with Crippen LogP contribution >= 0.6 is 0 Å². The van der Waals surface area contributed by atoms with Gasteiger partial charge in [0.1, 0.15) is 11.5 Å². The third kappa shape index (κ3) is 4.59. The van der Waals surface area contributed by atoms with Crippen LogP contribution in [0.1, 0.15) is 57.4 Å². The molecule has 0 unspecified atom stereocenters. The van der Waals surface area contributed by atoms with Gasteiger partial charge in [0.15, 0.2) is 0 Å². The molecule has 1 aliphatic carbocycles. The predicted octanol–water partition coefficient (Wildman–Crippen LogP) is 4.80. The molecule has 0 N–H and O–H groups in total. The first-order chi connectivity index (χ1) is 10.2. The molecule has 1 aromatic carbocycles. The SMILES string of the molecule is CCCCC1CCC(C(=O)Cc2ccccc2OC)CC1. The number of benzene rings is 1. The lowest BCUT2D eigenvalue weighted by atomic mass is 9.77. The summed E-state index contributed by atoms with van der Waals surface area (Å²) < 4.78 is 5.34. The van der Waals surface area contributed by atoms with Crippen LogP contribution in [0.2, 0.25) is 0 Å². The van der Waals surface area contributed by atoms with Crippen LogP contribution in [0.5, 0.6) is 5.75 Å². The molecule has 2 nitrogen and oxygen atoms in total. The normalized spacial score (nSPS) is 22.0. The average molecular weight is 288 g/mol. The molecule has 1 aliphatic rings. The summed E-state index contributed by atoms with van der Waals surface area (Å²) in [6.07, 6.45) is 9.14. The van der Waals surface area contributed by atoms with Crippen molar-refractivity contribution in [2.75, 3.05) is 7.11 Å². The molecule has 0 atom stereocenters. The molecule has 0 aliphatic heterocycles. The zero-order valence-electron chi connectivity index (χ0n) is 13.4. The van der Waals surface area contributed by atoms with Crippen molar-refractivity contribution in [1.82, 2.24) is 0 Å². The Morgan fingerprint density at radius 2 is 1.90 bits per heavy atom. The predicted molar refractivity (Wildman–Crippen MR) is 86.7 cm³/mol. The first-order valence-corrected chi connectivity index (χ1v) is 8.39. The van der Waals surface area contributed by atoms with E-state index in [-0.39, 0.29) is 5.92 Å². The first kappa shape index (κ1) is 16.1. The monoisotopic (exact) mass is 288 g/mol. The third-order valence-electron chi connectivity index (χ3n) is 4.83. The number of rotatable bonds is 7. The van der Waals surface area contributed by atoms with Crippen LogP contribution in [0.15, 0.2) is 24.3 Å². The fraction of sp³-hybridized carbons (Fsp3) is 0.632. The molecular formula is C19H28O2. The number of carbonyl (C=O) groups is 1. The number of unbranched alkanes of at least 4 members (excludes halogenated alkanes) is 1. The van der Waals surface area contributed by atoms with Crippen molar-refractivity contribution in [3.63, 3.8) is 0 Å². The third-order valence-corrected chi connectivity index (χ3v) is 4.83. The van der Waals surface area contributed by atoms with Gasteiger partial charge in [0.25, 0.3) is 0 Å². The summed E-state index contributed by atoms with van der Waals surface area (Å²) in [5.41, 5.74) is 1.03. The molecule has 0 aromatic heterocycles. The topological polar surface area (TPSA) is 26.3 Å². The van der Waals surface area contributed by atoms with Crippen LogP contribution in [-0.2, 0) is 11.2 Å². The zero-order valence-corrected chi connectivity index (χ0v) is 13.4. The molecule has 116 valence electrons. The minimum Gasteiger partial charge on any atom is -0.496 e. The largest absolute Gasteiger partial charge is 0.496 e. The van der Waals surface area contributed by atoms with Crippen molar-refractivity contribution < 1.29 is 9.53 Å². The molecule has 0 bridgehead atoms. The Hall–Kier alpha value is -1.31. The molecule has 2 heteroatoms. The molecule has 0 heterocycles. The molecule has 1 aromatic rings. The fourth-order valence-electron chi connectivity index (χ4n) is 3.45. The number of ether oxygens (including phenoxy) is 1. The molecule has 0 amide bonds. The summed E-state index contributed by atoms with van der Waals surface area (Å²) in [4.78, 5) is 12.5. The smallest absolute Gasteiger partial charge is 0.140 e. The highest BCUT2D eigenvalue weighted by Crippen LogP contribution is 2.33. The van der Waals surface area contributed by atoms with Gasteiger partial charge in [-0.15, -0.1) is 0 Å². The molecule has 1 saturated carbocycles. The van der Waals surface area contributed by atoms with Crippen LogP contribution in [-0.4, -0.2) is 12.9 Å². The number of para-hydroxylation sites is 1. The van der Waals surface area contributed by atoms with E-state index in [0.29, 0.717) is 12.2 Å². The van der Waals surface area contributed by atoms with Gasteiger partial charge in [0.05, 0.1) is 7.11 Å². The zero-order chi connectivity index (χ0) is 15.1. The first-order valence-electron chi connectivity index (χ1n) is 8.39. The Morgan fingerprint density at radius 1 is 1.19 bits per heavy atom. The highest BCUT2D eigenvalue weighted by atomic mass is 16.5. The minimum absolute atomic E-state index is 0.271. The van der Waals surface area contributed by atoms with Crippen LogP contribution in [0.25, 0.3) is 0 Å². The van der Waals surface area contributed by atoms with E-state index in [1.54, 1.807) is 7.11 Å². The van der Waals surface area contributed by atoms with Gasteiger partial charge in [0.2, 0.25) is 0 Å². The number of Topliss-reactive ketones (excluding diaryl/α,β-unsaturated/α-hetero) is 1. The number of ketones is 1. The Balaban J connectivity index is 1.85. The molecular weight excluding hydrogens is 260 g/mol. The van der Waals surface area contributed by atoms with E-state index in [0.717, 1.165) is 30.1 Å². The summed E-state index contributed by atoms with van der Waals surface area (Å²) >= 11 is 0. The fourth-order valence-corrected chi connectivity index (χ4v) is 3.45. The number of hydrogen-bond acceptors (Lipinski definition) is 2. The van der Waals surface area contributed by atoms with Gasteiger partial charge in [-0.25, -0.2) is 0 Å². The highest BCUT2D eigenvalue weighted by molar-refractivity contribution is 5.83. The van der Waals surface area contributed by atoms with Gasteiger partial charge in [0, 0.05) is 17.9 Å². The maximum Gasteiger partial charge on any atom is 0.140 e. The van der Waals surface area contributed by atoms with Gasteiger partial charge in [-0.1, -0.05) is 44.4 Å². The molecule has 2 rings (SSSR count). The van der Waals surface area contributed by atoms with E-state index in [1.165, 1.54) is 32.1 Å². The Kier molecular flexibility index (Phi) is 6.28. The summed E-state index contributed by atoms with van der Waals surface area (Å²) in [5, 5.41) is 0. The summed E-state index contributed by atoms with van der Waals surface area (Å²) in [6.45, 7) is 2.25. The number of carbonyl (C=O) groups excluding carboxylic acids is 1. The van der Waals surface area contributed by atoms with E-state index in [2.05, 4.69) is 6.92 Å². The number of hydrogen-bond donors (Lipinski definition) is 0. The van der Waals surface area contributed by atoms with Crippen molar-refractivity contribution in [1.29, 1.82) is 0 Å². The Morgan fingerprint density at radius 3 is 2.57 bits per heavy atom. The van der Waals surface area contributed by atoms with Crippen LogP contribution < -0.4 is 4.74 Å². The standard InChI is InChI=1S/C19H28O2/c1-3-4-7-15-10-12-16(13-11-15)18(20)14-17-8-5-6-9-19(17)21-2/h5-6,8-9,15-16H,3-4,7,10-14H2,1-2H3. The summed E-state index contributed by atoms with van der Waals surface area (Å²) in [6, 6.07) is 7.87. The van der Waals surface area contributed by atoms with E-state index in [1.807, 2.05) is 24.3 Å². The van der Waals surface area contributed by atoms with Crippen LogP contribution in [0.3, 0.4) is 0 Å². The van der Waals surface area contributed by atoms with Crippen molar-refractivity contribution in [3.05, 3.63) is 29.8 Å². The van der Waals surface area contributed by atoms with E-state index in [4.69, 9.17) is 4.74 Å². The van der Waals surface area contributed by atoms with Crippen molar-refractivity contribution in [3.8, 4) is 5.75 Å². The van der Waals surface area contributed by atoms with Gasteiger partial charge in [-0.2, -0.15) is 0 Å². The lowest BCUT2D eigenvalue weighted by Crippen LogP contribution is -2.23. The second-order valence-electron chi connectivity index (χ2n) is 6.31. The highest BCUT2D eigenvalue weighted by Gasteiger charge is 2.26. The Labute approximate surface area is 128 Å². The van der Waals surface area contributed by atoms with Crippen molar-refractivity contribution in [2.45, 2.75) is 58.3 Å². The molecule has 0 spiro atoms. The quantitative estimate of drug-likeness (QED) is 0.720. The summed E-state index contributed by atoms with van der Waals surface area (Å²) in [7, 11) is 1.67. The van der Waals surface area contributed by atoms with E-state index in [9.17, 15) is 4.79 Å². The van der Waals surface area contributed by atoms with Crippen molar-refractivity contribution >= 4 is 5.78 Å². The number of methoxy groups -OCH3 is 1. The summed E-state index contributed by atoms with van der Waals surface area (Å²) in [5.74, 6) is 2.36. The van der Waals surface area contributed by atoms with Gasteiger partial charge in [-0.3, -0.25) is 4.79 Å². The maximum atomic E-state index is 12.5. The maximum absolute atomic E-state index is 12.5. The van der Waals surface area contributed by atoms with Crippen molar-refractivity contribution in [2.24, 2.45) is 11.8 Å². The average Bonchev–Trinajstić information content (AvgIpc) is 2.54. The molecule has 0 saturated heterocycles.